The lowest BCUT2D eigenvalue weighted by molar-refractivity contribution is -0.138. The van der Waals surface area contributed by atoms with Gasteiger partial charge < -0.3 is 0 Å². The van der Waals surface area contributed by atoms with Crippen LogP contribution in [0.5, 0.6) is 0 Å². The van der Waals surface area contributed by atoms with Gasteiger partial charge in [0.15, 0.2) is 0 Å². The van der Waals surface area contributed by atoms with E-state index in [0.29, 0.717) is 0 Å². The van der Waals surface area contributed by atoms with Gasteiger partial charge in [-0.25, -0.2) is 4.98 Å². The largest absolute Gasteiger partial charge is 0.419 e. The summed E-state index contributed by atoms with van der Waals surface area (Å²) < 4.78 is 37.5. The molecule has 0 radical (unpaired) electrons. The van der Waals surface area contributed by atoms with Gasteiger partial charge in [0.05, 0.1) is 5.56 Å². The summed E-state index contributed by atoms with van der Waals surface area (Å²) in [6.07, 6.45) is -3.03. The zero-order valence-electron chi connectivity index (χ0n) is 8.57. The van der Waals surface area contributed by atoms with Crippen molar-refractivity contribution in [2.24, 2.45) is 5.11 Å². The van der Waals surface area contributed by atoms with E-state index in [1.54, 1.807) is 0 Å². The van der Waals surface area contributed by atoms with Crippen LogP contribution in [0.15, 0.2) is 23.4 Å². The number of nitrogens with zero attached hydrogens (tertiary/aromatic N) is 4. The van der Waals surface area contributed by atoms with E-state index in [2.05, 4.69) is 26.9 Å². The molecule has 1 aromatic rings. The first-order valence-electron chi connectivity index (χ1n) is 4.57. The maximum atomic E-state index is 12.5. The van der Waals surface area contributed by atoms with E-state index in [0.717, 1.165) is 6.07 Å². The zero-order chi connectivity index (χ0) is 12.7. The minimum atomic E-state index is -4.47. The Morgan fingerprint density at radius 2 is 2.24 bits per heavy atom. The molecule has 0 saturated heterocycles. The third-order valence-electron chi connectivity index (χ3n) is 1.72. The maximum Gasteiger partial charge on any atom is 0.419 e. The quantitative estimate of drug-likeness (QED) is 0.257. The van der Waals surface area contributed by atoms with Crippen molar-refractivity contribution < 1.29 is 13.2 Å². The summed E-state index contributed by atoms with van der Waals surface area (Å²) in [6.45, 7) is 0.123. The molecule has 0 bridgehead atoms. The number of pyridine rings is 1. The summed E-state index contributed by atoms with van der Waals surface area (Å²) >= 11 is 0. The lowest BCUT2D eigenvalue weighted by atomic mass is 10.2. The molecule has 0 amide bonds. The van der Waals surface area contributed by atoms with E-state index in [1.165, 1.54) is 12.3 Å². The van der Waals surface area contributed by atoms with Crippen LogP contribution in [0, 0.1) is 11.8 Å². The van der Waals surface area contributed by atoms with Crippen LogP contribution in [0.1, 0.15) is 17.7 Å². The average molecular weight is 240 g/mol. The molecule has 0 aromatic carbocycles. The molecule has 0 atom stereocenters. The predicted octanol–water partition coefficient (Wildman–Crippen LogP) is 3.15. The van der Waals surface area contributed by atoms with Gasteiger partial charge in [0.2, 0.25) is 0 Å². The van der Waals surface area contributed by atoms with Crippen LogP contribution in [-0.2, 0) is 6.18 Å². The molecule has 0 fully saturated rings. The molecule has 0 N–H and O–H groups in total. The first kappa shape index (κ1) is 12.9. The number of rotatable bonds is 2. The van der Waals surface area contributed by atoms with Gasteiger partial charge in [-0.15, -0.1) is 0 Å². The number of hydrogen-bond acceptors (Lipinski definition) is 2. The van der Waals surface area contributed by atoms with Gasteiger partial charge >= 0.3 is 6.18 Å². The second-order valence-corrected chi connectivity index (χ2v) is 2.90. The molecule has 0 unspecified atom stereocenters. The Labute approximate surface area is 95.1 Å². The van der Waals surface area contributed by atoms with Gasteiger partial charge in [-0.1, -0.05) is 11.0 Å². The Morgan fingerprint density at radius 1 is 1.47 bits per heavy atom. The summed E-state index contributed by atoms with van der Waals surface area (Å²) in [7, 11) is 0. The van der Waals surface area contributed by atoms with Gasteiger partial charge in [0, 0.05) is 24.1 Å². The highest BCUT2D eigenvalue weighted by Crippen LogP contribution is 2.30. The standard InChI is InChI=1S/C10H7F3N4/c11-10(12,13)8-4-3-6-15-9(8)5-1-2-7-16-17-14/h3-4,6H,2,7H2. The number of aromatic nitrogens is 1. The van der Waals surface area contributed by atoms with E-state index in [1.807, 2.05) is 0 Å². The minimum Gasteiger partial charge on any atom is -0.247 e. The number of hydrogen-bond donors (Lipinski definition) is 0. The lowest BCUT2D eigenvalue weighted by Crippen LogP contribution is -2.08. The highest BCUT2D eigenvalue weighted by atomic mass is 19.4. The smallest absolute Gasteiger partial charge is 0.247 e. The lowest BCUT2D eigenvalue weighted by Gasteiger charge is -2.06. The van der Waals surface area contributed by atoms with Crippen molar-refractivity contribution in [2.75, 3.05) is 6.54 Å². The summed E-state index contributed by atoms with van der Waals surface area (Å²) in [5, 5.41) is 3.21. The van der Waals surface area contributed by atoms with E-state index in [4.69, 9.17) is 5.53 Å². The van der Waals surface area contributed by atoms with Crippen LogP contribution < -0.4 is 0 Å². The molecule has 0 saturated carbocycles. The van der Waals surface area contributed by atoms with Gasteiger partial charge in [-0.3, -0.25) is 0 Å². The summed E-state index contributed by atoms with van der Waals surface area (Å²) in [4.78, 5) is 6.06. The first-order valence-corrected chi connectivity index (χ1v) is 4.57. The Balaban J connectivity index is 2.87. The molecule has 0 aliphatic carbocycles. The fraction of sp³-hybridized carbons (Fsp3) is 0.300. The third kappa shape index (κ3) is 4.05. The van der Waals surface area contributed by atoms with E-state index < -0.39 is 11.7 Å². The summed E-state index contributed by atoms with van der Waals surface area (Å²) in [5.41, 5.74) is 6.80. The van der Waals surface area contributed by atoms with Crippen molar-refractivity contribution in [2.45, 2.75) is 12.6 Å². The van der Waals surface area contributed by atoms with E-state index >= 15 is 0 Å². The molecule has 0 aliphatic heterocycles. The highest BCUT2D eigenvalue weighted by molar-refractivity contribution is 5.37. The van der Waals surface area contributed by atoms with Crippen LogP contribution in [0.4, 0.5) is 13.2 Å². The van der Waals surface area contributed by atoms with Crippen LogP contribution in [0.3, 0.4) is 0 Å². The van der Waals surface area contributed by atoms with Gasteiger partial charge in [-0.2, -0.15) is 13.2 Å². The second-order valence-electron chi connectivity index (χ2n) is 2.90. The monoisotopic (exact) mass is 240 g/mol. The van der Waals surface area contributed by atoms with Crippen LogP contribution >= 0.6 is 0 Å². The van der Waals surface area contributed by atoms with Crippen molar-refractivity contribution in [3.8, 4) is 11.8 Å². The van der Waals surface area contributed by atoms with Crippen molar-refractivity contribution in [1.82, 2.24) is 4.98 Å². The highest BCUT2D eigenvalue weighted by Gasteiger charge is 2.33. The Morgan fingerprint density at radius 3 is 2.88 bits per heavy atom. The molecular weight excluding hydrogens is 233 g/mol. The normalized spacial score (nSPS) is 10.1. The topological polar surface area (TPSA) is 61.7 Å². The van der Waals surface area contributed by atoms with Crippen molar-refractivity contribution in [3.05, 3.63) is 40.0 Å². The second kappa shape index (κ2) is 5.77. The van der Waals surface area contributed by atoms with Crippen molar-refractivity contribution in [1.29, 1.82) is 0 Å². The summed E-state index contributed by atoms with van der Waals surface area (Å²) in [5.74, 6) is 4.79. The van der Waals surface area contributed by atoms with E-state index in [-0.39, 0.29) is 18.7 Å². The fourth-order valence-corrected chi connectivity index (χ4v) is 1.03. The molecule has 7 heteroatoms. The number of alkyl halides is 3. The van der Waals surface area contributed by atoms with E-state index in [9.17, 15) is 13.2 Å². The predicted molar refractivity (Wildman–Crippen MR) is 54.7 cm³/mol. The SMILES string of the molecule is [N-]=[N+]=NCCC#Cc1ncccc1C(F)(F)F. The van der Waals surface area contributed by atoms with Gasteiger partial charge in [0.25, 0.3) is 0 Å². The Bertz CT molecular complexity index is 492. The first-order chi connectivity index (χ1) is 8.05. The van der Waals surface area contributed by atoms with Gasteiger partial charge in [-0.05, 0) is 23.6 Å². The van der Waals surface area contributed by atoms with Crippen LogP contribution in [0.25, 0.3) is 10.4 Å². The molecule has 1 aromatic heterocycles. The van der Waals surface area contributed by atoms with Crippen LogP contribution in [0.2, 0.25) is 0 Å². The molecule has 1 heterocycles. The summed E-state index contributed by atoms with van der Waals surface area (Å²) in [6, 6.07) is 2.12. The average Bonchev–Trinajstić information content (AvgIpc) is 2.28. The molecule has 0 aliphatic rings. The molecule has 0 spiro atoms. The third-order valence-corrected chi connectivity index (χ3v) is 1.72. The van der Waals surface area contributed by atoms with Crippen molar-refractivity contribution in [3.63, 3.8) is 0 Å². The number of azide groups is 1. The molecule has 17 heavy (non-hydrogen) atoms. The molecule has 1 rings (SSSR count). The maximum absolute atomic E-state index is 12.5. The minimum absolute atomic E-state index is 0.123. The van der Waals surface area contributed by atoms with Crippen LogP contribution in [-0.4, -0.2) is 11.5 Å². The fourth-order valence-electron chi connectivity index (χ4n) is 1.03. The Kier molecular flexibility index (Phi) is 4.37. The van der Waals surface area contributed by atoms with Gasteiger partial charge in [0.1, 0.15) is 5.69 Å². The van der Waals surface area contributed by atoms with Crippen molar-refractivity contribution >= 4 is 0 Å². The zero-order valence-corrected chi connectivity index (χ0v) is 8.57. The molecule has 88 valence electrons. The molecule has 4 nitrogen and oxygen atoms in total. The number of halogens is 3. The molecular formula is C10H7F3N4. The Hall–Kier alpha value is -2.19.